The number of hydrogen-bond donors (Lipinski definition) is 0. The Morgan fingerprint density at radius 3 is 2.46 bits per heavy atom. The molecule has 0 bridgehead atoms. The summed E-state index contributed by atoms with van der Waals surface area (Å²) in [5.41, 5.74) is -1.31. The normalized spacial score (nSPS) is 17.1. The molecule has 1 aliphatic rings. The van der Waals surface area contributed by atoms with Gasteiger partial charge in [0, 0.05) is 44.0 Å². The topological polar surface area (TPSA) is 50.1 Å². The molecule has 0 radical (unpaired) electrons. The van der Waals surface area contributed by atoms with E-state index in [1.807, 2.05) is 29.4 Å². The molecule has 37 heavy (non-hydrogen) atoms. The summed E-state index contributed by atoms with van der Waals surface area (Å²) in [5.74, 6) is -2.30. The molecule has 2 aromatic heterocycles. The molecule has 1 aliphatic heterocycles. The highest BCUT2D eigenvalue weighted by Gasteiger charge is 2.37. The highest BCUT2D eigenvalue weighted by molar-refractivity contribution is 7.96. The van der Waals surface area contributed by atoms with Gasteiger partial charge >= 0.3 is 6.18 Å². The number of nitrogens with zero attached hydrogens (tertiary/aromatic N) is 6. The molecular formula is C25H23F5N6S. The summed E-state index contributed by atoms with van der Waals surface area (Å²) in [5, 5.41) is 4.51. The third-order valence-corrected chi connectivity index (χ3v) is 7.49. The van der Waals surface area contributed by atoms with Gasteiger partial charge in [0.2, 0.25) is 5.95 Å². The maximum atomic E-state index is 15.0. The number of fused-ring (bicyclic) bond motifs is 1. The average molecular weight is 535 g/mol. The molecule has 0 saturated carbocycles. The van der Waals surface area contributed by atoms with E-state index in [9.17, 15) is 22.0 Å². The summed E-state index contributed by atoms with van der Waals surface area (Å²) in [4.78, 5) is 11.1. The highest BCUT2D eigenvalue weighted by atomic mass is 32.2. The molecule has 0 N–H and O–H groups in total. The standard InChI is InChI=1S/C25H23F5N6S/c1-14-20(26)16(11-18(21(14)27)25(28,29)30)22-17-12-31-24(32-23(17)34(2)33-22)35-9-10-36(37-3)19(13-35)15-7-5-4-6-8-15/h4-8,11-12,19H,9-10,13H2,1-3H3. The van der Waals surface area contributed by atoms with E-state index < -0.39 is 34.5 Å². The Bertz CT molecular complexity index is 1460. The summed E-state index contributed by atoms with van der Waals surface area (Å²) in [6.07, 6.45) is -1.52. The number of benzene rings is 2. The molecule has 1 unspecified atom stereocenters. The predicted molar refractivity (Wildman–Crippen MR) is 133 cm³/mol. The number of piperazine rings is 1. The fourth-order valence-electron chi connectivity index (χ4n) is 4.64. The number of aromatic nitrogens is 4. The first-order valence-corrected chi connectivity index (χ1v) is 12.6. The van der Waals surface area contributed by atoms with Crippen LogP contribution in [0.1, 0.15) is 22.7 Å². The van der Waals surface area contributed by atoms with Crippen LogP contribution < -0.4 is 4.90 Å². The van der Waals surface area contributed by atoms with Crippen molar-refractivity contribution in [3.8, 4) is 11.3 Å². The molecule has 4 aromatic rings. The fraction of sp³-hybridized carbons (Fsp3) is 0.320. The molecule has 0 amide bonds. The first-order valence-electron chi connectivity index (χ1n) is 11.5. The van der Waals surface area contributed by atoms with E-state index in [0.29, 0.717) is 30.8 Å². The number of aryl methyl sites for hydroxylation is 1. The maximum absolute atomic E-state index is 15.0. The van der Waals surface area contributed by atoms with Gasteiger partial charge in [0.05, 0.1) is 17.0 Å². The molecule has 2 aromatic carbocycles. The van der Waals surface area contributed by atoms with Crippen molar-refractivity contribution in [1.29, 1.82) is 0 Å². The quantitative estimate of drug-likeness (QED) is 0.245. The third-order valence-electron chi connectivity index (χ3n) is 6.58. The first kappa shape index (κ1) is 25.4. The zero-order valence-corrected chi connectivity index (χ0v) is 21.0. The van der Waals surface area contributed by atoms with Crippen LogP contribution >= 0.6 is 11.9 Å². The molecule has 3 heterocycles. The largest absolute Gasteiger partial charge is 0.419 e. The number of halogens is 5. The summed E-state index contributed by atoms with van der Waals surface area (Å²) < 4.78 is 73.1. The predicted octanol–water partition coefficient (Wildman–Crippen LogP) is 5.78. The summed E-state index contributed by atoms with van der Waals surface area (Å²) >= 11 is 1.67. The highest BCUT2D eigenvalue weighted by Crippen LogP contribution is 2.39. The zero-order valence-electron chi connectivity index (χ0n) is 20.2. The average Bonchev–Trinajstić information content (AvgIpc) is 3.22. The molecule has 1 saturated heterocycles. The number of rotatable bonds is 4. The van der Waals surface area contributed by atoms with Crippen molar-refractivity contribution in [2.24, 2.45) is 7.05 Å². The lowest BCUT2D eigenvalue weighted by molar-refractivity contribution is -0.140. The molecule has 6 nitrogen and oxygen atoms in total. The second-order valence-electron chi connectivity index (χ2n) is 8.80. The fourth-order valence-corrected chi connectivity index (χ4v) is 5.35. The Hall–Kier alpha value is -3.25. The minimum Gasteiger partial charge on any atom is -0.337 e. The van der Waals surface area contributed by atoms with Gasteiger partial charge in [-0.05, 0) is 24.8 Å². The van der Waals surface area contributed by atoms with Gasteiger partial charge in [-0.1, -0.05) is 42.3 Å². The monoisotopic (exact) mass is 534 g/mol. The smallest absolute Gasteiger partial charge is 0.337 e. The van der Waals surface area contributed by atoms with Crippen molar-refractivity contribution in [3.63, 3.8) is 0 Å². The number of hydrogen-bond acceptors (Lipinski definition) is 6. The van der Waals surface area contributed by atoms with Gasteiger partial charge in [-0.2, -0.15) is 23.3 Å². The molecule has 0 aliphatic carbocycles. The Balaban J connectivity index is 1.54. The third kappa shape index (κ3) is 4.52. The lowest BCUT2D eigenvalue weighted by Gasteiger charge is -2.40. The molecule has 194 valence electrons. The van der Waals surface area contributed by atoms with Crippen molar-refractivity contribution in [3.05, 3.63) is 70.9 Å². The Morgan fingerprint density at radius 1 is 1.05 bits per heavy atom. The maximum Gasteiger partial charge on any atom is 0.419 e. The summed E-state index contributed by atoms with van der Waals surface area (Å²) in [6, 6.07) is 10.7. The van der Waals surface area contributed by atoms with Crippen LogP contribution in [-0.4, -0.2) is 49.9 Å². The van der Waals surface area contributed by atoms with Gasteiger partial charge < -0.3 is 4.90 Å². The van der Waals surface area contributed by atoms with Gasteiger partial charge in [0.15, 0.2) is 5.65 Å². The molecule has 1 fully saturated rings. The molecule has 12 heteroatoms. The van der Waals surface area contributed by atoms with Crippen molar-refractivity contribution < 1.29 is 22.0 Å². The number of anilines is 1. The lowest BCUT2D eigenvalue weighted by Crippen LogP contribution is -2.46. The van der Waals surface area contributed by atoms with E-state index in [2.05, 4.69) is 31.5 Å². The second kappa shape index (κ2) is 9.56. The second-order valence-corrected chi connectivity index (χ2v) is 9.63. The van der Waals surface area contributed by atoms with E-state index in [0.717, 1.165) is 19.0 Å². The SMILES string of the molecule is CSN1CCN(c2ncc3c(-c4cc(C(F)(F)F)c(F)c(C)c4F)nn(C)c3n2)CC1c1ccccc1. The van der Waals surface area contributed by atoms with Crippen LogP contribution in [0.4, 0.5) is 27.9 Å². The zero-order chi connectivity index (χ0) is 26.5. The van der Waals surface area contributed by atoms with Crippen LogP contribution in [0.2, 0.25) is 0 Å². The van der Waals surface area contributed by atoms with Crippen LogP contribution in [0, 0.1) is 18.6 Å². The minimum absolute atomic E-state index is 0.0792. The summed E-state index contributed by atoms with van der Waals surface area (Å²) in [6.45, 7) is 3.03. The van der Waals surface area contributed by atoms with E-state index in [1.165, 1.54) is 10.9 Å². The first-order chi connectivity index (χ1) is 17.6. The van der Waals surface area contributed by atoms with Crippen molar-refractivity contribution >= 4 is 28.9 Å². The van der Waals surface area contributed by atoms with Crippen molar-refractivity contribution in [2.75, 3.05) is 30.8 Å². The van der Waals surface area contributed by atoms with Crippen LogP contribution in [0.15, 0.2) is 42.6 Å². The summed E-state index contributed by atoms with van der Waals surface area (Å²) in [7, 11) is 1.57. The van der Waals surface area contributed by atoms with E-state index in [1.54, 1.807) is 19.0 Å². The van der Waals surface area contributed by atoms with Crippen LogP contribution in [0.25, 0.3) is 22.3 Å². The van der Waals surface area contributed by atoms with Crippen LogP contribution in [0.5, 0.6) is 0 Å². The van der Waals surface area contributed by atoms with E-state index >= 15 is 0 Å². The Morgan fingerprint density at radius 2 is 1.78 bits per heavy atom. The van der Waals surface area contributed by atoms with Gasteiger partial charge in [0.1, 0.15) is 17.3 Å². The molecular weight excluding hydrogens is 511 g/mol. The van der Waals surface area contributed by atoms with Crippen molar-refractivity contribution in [2.45, 2.75) is 19.1 Å². The van der Waals surface area contributed by atoms with E-state index in [4.69, 9.17) is 0 Å². The number of alkyl halides is 3. The minimum atomic E-state index is -4.99. The molecule has 1 atom stereocenters. The van der Waals surface area contributed by atoms with Crippen LogP contribution in [0.3, 0.4) is 0 Å². The van der Waals surface area contributed by atoms with Gasteiger partial charge in [-0.3, -0.25) is 0 Å². The van der Waals surface area contributed by atoms with Gasteiger partial charge in [-0.15, -0.1) is 0 Å². The molecule has 0 spiro atoms. The lowest BCUT2D eigenvalue weighted by atomic mass is 10.0. The molecule has 5 rings (SSSR count). The van der Waals surface area contributed by atoms with E-state index in [-0.39, 0.29) is 17.1 Å². The van der Waals surface area contributed by atoms with Crippen molar-refractivity contribution in [1.82, 2.24) is 24.1 Å². The van der Waals surface area contributed by atoms with Gasteiger partial charge in [-0.25, -0.2) is 22.8 Å². The Labute approximate surface area is 214 Å². The van der Waals surface area contributed by atoms with Gasteiger partial charge in [0.25, 0.3) is 0 Å². The Kier molecular flexibility index (Phi) is 6.57. The van der Waals surface area contributed by atoms with Crippen LogP contribution in [-0.2, 0) is 13.2 Å².